The molecule has 2 amide bonds. The lowest BCUT2D eigenvalue weighted by Crippen LogP contribution is -2.36. The number of aryl methyl sites for hydroxylation is 2. The highest BCUT2D eigenvalue weighted by Crippen LogP contribution is 2.15. The van der Waals surface area contributed by atoms with Crippen LogP contribution in [0.2, 0.25) is 0 Å². The van der Waals surface area contributed by atoms with Gasteiger partial charge in [-0.3, -0.25) is 9.59 Å². The Labute approximate surface area is 120 Å². The Bertz CT molecular complexity index is 484. The molecule has 1 aromatic carbocycles. The van der Waals surface area contributed by atoms with E-state index in [-0.39, 0.29) is 0 Å². The van der Waals surface area contributed by atoms with Gasteiger partial charge >= 0.3 is 11.8 Å². The summed E-state index contributed by atoms with van der Waals surface area (Å²) < 4.78 is 0. The van der Waals surface area contributed by atoms with Crippen LogP contribution in [0.3, 0.4) is 0 Å². The molecule has 2 N–H and O–H groups in total. The van der Waals surface area contributed by atoms with E-state index in [0.29, 0.717) is 12.2 Å². The number of hydrogen-bond donors (Lipinski definition) is 2. The Kier molecular flexibility index (Phi) is 6.18. The number of anilines is 1. The third-order valence-electron chi connectivity index (χ3n) is 2.92. The number of carbonyl (C=O) groups excluding carboxylic acids is 2. The number of carbonyl (C=O) groups is 2. The molecule has 0 fully saturated rings. The van der Waals surface area contributed by atoms with Crippen molar-refractivity contribution in [2.75, 3.05) is 32.5 Å². The summed E-state index contributed by atoms with van der Waals surface area (Å²) >= 11 is 0. The van der Waals surface area contributed by atoms with Crippen molar-refractivity contribution in [2.45, 2.75) is 20.3 Å². The fourth-order valence-corrected chi connectivity index (χ4v) is 1.73. The molecule has 0 spiro atoms. The average molecular weight is 277 g/mol. The van der Waals surface area contributed by atoms with E-state index in [4.69, 9.17) is 0 Å². The smallest absolute Gasteiger partial charge is 0.313 e. The minimum atomic E-state index is -0.622. The minimum Gasteiger partial charge on any atom is -0.348 e. The minimum absolute atomic E-state index is 0.497. The lowest BCUT2D eigenvalue weighted by atomic mass is 10.1. The molecule has 0 saturated heterocycles. The van der Waals surface area contributed by atoms with Gasteiger partial charge in [0.2, 0.25) is 0 Å². The van der Waals surface area contributed by atoms with E-state index in [1.807, 2.05) is 51.0 Å². The monoisotopic (exact) mass is 277 g/mol. The van der Waals surface area contributed by atoms with E-state index in [2.05, 4.69) is 10.6 Å². The van der Waals surface area contributed by atoms with Crippen molar-refractivity contribution >= 4 is 17.5 Å². The van der Waals surface area contributed by atoms with Crippen LogP contribution < -0.4 is 10.6 Å². The van der Waals surface area contributed by atoms with Gasteiger partial charge in [-0.2, -0.15) is 0 Å². The van der Waals surface area contributed by atoms with Gasteiger partial charge in [0.1, 0.15) is 0 Å². The zero-order valence-corrected chi connectivity index (χ0v) is 12.6. The summed E-state index contributed by atoms with van der Waals surface area (Å²) in [7, 11) is 3.93. The summed E-state index contributed by atoms with van der Waals surface area (Å²) in [5.74, 6) is -1.21. The van der Waals surface area contributed by atoms with Crippen LogP contribution >= 0.6 is 0 Å². The van der Waals surface area contributed by atoms with Crippen LogP contribution in [0.5, 0.6) is 0 Å². The highest BCUT2D eigenvalue weighted by molar-refractivity contribution is 6.39. The number of amides is 2. The molecule has 0 aliphatic rings. The summed E-state index contributed by atoms with van der Waals surface area (Å²) in [5, 5.41) is 5.25. The van der Waals surface area contributed by atoms with Crippen LogP contribution in [-0.2, 0) is 9.59 Å². The normalized spacial score (nSPS) is 10.4. The predicted molar refractivity (Wildman–Crippen MR) is 80.7 cm³/mol. The molecule has 0 bridgehead atoms. The third kappa shape index (κ3) is 5.40. The lowest BCUT2D eigenvalue weighted by molar-refractivity contribution is -0.136. The molecule has 5 heteroatoms. The molecule has 0 unspecified atom stereocenters. The first-order valence-electron chi connectivity index (χ1n) is 6.71. The average Bonchev–Trinajstić information content (AvgIpc) is 2.38. The molecule has 0 saturated carbocycles. The van der Waals surface area contributed by atoms with Crippen LogP contribution in [0.25, 0.3) is 0 Å². The second-order valence-corrected chi connectivity index (χ2v) is 5.19. The maximum atomic E-state index is 11.8. The second-order valence-electron chi connectivity index (χ2n) is 5.19. The zero-order valence-electron chi connectivity index (χ0n) is 12.6. The van der Waals surface area contributed by atoms with Crippen LogP contribution in [0, 0.1) is 13.8 Å². The zero-order chi connectivity index (χ0) is 15.1. The highest BCUT2D eigenvalue weighted by atomic mass is 16.2. The summed E-state index contributed by atoms with van der Waals surface area (Å²) in [6, 6.07) is 5.73. The van der Waals surface area contributed by atoms with Gasteiger partial charge in [-0.25, -0.2) is 0 Å². The van der Waals surface area contributed by atoms with Crippen LogP contribution in [0.4, 0.5) is 5.69 Å². The molecule has 5 nitrogen and oxygen atoms in total. The van der Waals surface area contributed by atoms with Gasteiger partial charge in [0.05, 0.1) is 0 Å². The van der Waals surface area contributed by atoms with E-state index < -0.39 is 11.8 Å². The van der Waals surface area contributed by atoms with E-state index in [9.17, 15) is 9.59 Å². The summed E-state index contributed by atoms with van der Waals surface area (Å²) in [6.07, 6.45) is 0.815. The van der Waals surface area contributed by atoms with Gasteiger partial charge in [-0.05, 0) is 58.1 Å². The second kappa shape index (κ2) is 7.65. The third-order valence-corrected chi connectivity index (χ3v) is 2.92. The molecule has 1 aromatic rings. The number of nitrogens with one attached hydrogen (secondary N) is 2. The number of benzene rings is 1. The Morgan fingerprint density at radius 2 is 1.85 bits per heavy atom. The topological polar surface area (TPSA) is 61.4 Å². The number of nitrogens with zero attached hydrogens (tertiary/aromatic N) is 1. The van der Waals surface area contributed by atoms with Crippen molar-refractivity contribution in [3.8, 4) is 0 Å². The van der Waals surface area contributed by atoms with Crippen molar-refractivity contribution in [1.29, 1.82) is 0 Å². The molecular weight excluding hydrogens is 254 g/mol. The SMILES string of the molecule is Cc1ccc(C)c(NC(=O)C(=O)NCCCN(C)C)c1. The largest absolute Gasteiger partial charge is 0.348 e. The molecule has 0 aromatic heterocycles. The Morgan fingerprint density at radius 1 is 1.15 bits per heavy atom. The Hall–Kier alpha value is -1.88. The van der Waals surface area contributed by atoms with E-state index >= 15 is 0 Å². The summed E-state index contributed by atoms with van der Waals surface area (Å²) in [4.78, 5) is 25.5. The maximum Gasteiger partial charge on any atom is 0.313 e. The van der Waals surface area contributed by atoms with Crippen molar-refractivity contribution < 1.29 is 9.59 Å². The fraction of sp³-hybridized carbons (Fsp3) is 0.467. The predicted octanol–water partition coefficient (Wildman–Crippen LogP) is 1.31. The fourth-order valence-electron chi connectivity index (χ4n) is 1.73. The first-order chi connectivity index (χ1) is 9.40. The maximum absolute atomic E-state index is 11.8. The first kappa shape index (κ1) is 16.2. The van der Waals surface area contributed by atoms with Crippen molar-refractivity contribution in [3.63, 3.8) is 0 Å². The Morgan fingerprint density at radius 3 is 2.50 bits per heavy atom. The van der Waals surface area contributed by atoms with Crippen molar-refractivity contribution in [1.82, 2.24) is 10.2 Å². The molecular formula is C15H23N3O2. The van der Waals surface area contributed by atoms with E-state index in [1.165, 1.54) is 0 Å². The van der Waals surface area contributed by atoms with Crippen LogP contribution in [0.15, 0.2) is 18.2 Å². The lowest BCUT2D eigenvalue weighted by Gasteiger charge is -2.11. The molecule has 0 heterocycles. The standard InChI is InChI=1S/C15H23N3O2/c1-11-6-7-12(2)13(10-11)17-15(20)14(19)16-8-5-9-18(3)4/h6-7,10H,5,8-9H2,1-4H3,(H,16,19)(H,17,20). The molecule has 0 aliphatic heterocycles. The number of rotatable bonds is 5. The molecule has 0 radical (unpaired) electrons. The van der Waals surface area contributed by atoms with E-state index in [0.717, 1.165) is 24.1 Å². The molecule has 1 rings (SSSR count). The van der Waals surface area contributed by atoms with Gasteiger partial charge in [0.25, 0.3) is 0 Å². The van der Waals surface area contributed by atoms with Crippen LogP contribution in [-0.4, -0.2) is 43.9 Å². The molecule has 0 atom stereocenters. The quantitative estimate of drug-likeness (QED) is 0.630. The highest BCUT2D eigenvalue weighted by Gasteiger charge is 2.13. The molecule has 110 valence electrons. The number of hydrogen-bond acceptors (Lipinski definition) is 3. The molecule has 20 heavy (non-hydrogen) atoms. The van der Waals surface area contributed by atoms with Gasteiger partial charge in [-0.1, -0.05) is 12.1 Å². The summed E-state index contributed by atoms with van der Waals surface area (Å²) in [5.41, 5.74) is 2.65. The van der Waals surface area contributed by atoms with Gasteiger partial charge in [-0.15, -0.1) is 0 Å². The molecule has 0 aliphatic carbocycles. The van der Waals surface area contributed by atoms with E-state index in [1.54, 1.807) is 0 Å². The van der Waals surface area contributed by atoms with Gasteiger partial charge < -0.3 is 15.5 Å². The van der Waals surface area contributed by atoms with Crippen LogP contribution in [0.1, 0.15) is 17.5 Å². The van der Waals surface area contributed by atoms with Crippen molar-refractivity contribution in [3.05, 3.63) is 29.3 Å². The van der Waals surface area contributed by atoms with Gasteiger partial charge in [0, 0.05) is 12.2 Å². The van der Waals surface area contributed by atoms with Crippen molar-refractivity contribution in [2.24, 2.45) is 0 Å². The first-order valence-corrected chi connectivity index (χ1v) is 6.71. The van der Waals surface area contributed by atoms with Gasteiger partial charge in [0.15, 0.2) is 0 Å². The summed E-state index contributed by atoms with van der Waals surface area (Å²) in [6.45, 7) is 5.20. The Balaban J connectivity index is 2.45.